The van der Waals surface area contributed by atoms with Crippen LogP contribution >= 0.6 is 0 Å². The molecular formula is C25H35N3O5S. The summed E-state index contributed by atoms with van der Waals surface area (Å²) < 4.78 is 31.8. The number of amides is 1. The Kier molecular flexibility index (Phi) is 9.74. The molecule has 1 unspecified atom stereocenters. The highest BCUT2D eigenvalue weighted by atomic mass is 32.2. The van der Waals surface area contributed by atoms with Gasteiger partial charge in [-0.2, -0.15) is 0 Å². The molecule has 34 heavy (non-hydrogen) atoms. The molecule has 2 aromatic rings. The van der Waals surface area contributed by atoms with Crippen LogP contribution in [-0.2, 0) is 27.7 Å². The van der Waals surface area contributed by atoms with Crippen LogP contribution in [0.1, 0.15) is 43.2 Å². The second-order valence-electron chi connectivity index (χ2n) is 8.71. The summed E-state index contributed by atoms with van der Waals surface area (Å²) >= 11 is 0. The molecule has 186 valence electrons. The zero-order chi connectivity index (χ0) is 24.4. The van der Waals surface area contributed by atoms with Crippen molar-refractivity contribution in [2.24, 2.45) is 0 Å². The number of rotatable bonds is 14. The van der Waals surface area contributed by atoms with Crippen LogP contribution in [0.4, 0.5) is 11.4 Å². The molecule has 4 N–H and O–H groups in total. The Hall–Kier alpha value is -2.62. The molecule has 0 saturated carbocycles. The maximum absolute atomic E-state index is 11.8. The first-order valence-electron chi connectivity index (χ1n) is 11.8. The number of ether oxygens (including phenoxy) is 1. The minimum atomic E-state index is -3.51. The molecule has 1 aliphatic heterocycles. The predicted molar refractivity (Wildman–Crippen MR) is 135 cm³/mol. The zero-order valence-corrected chi connectivity index (χ0v) is 20.5. The third-order valence-corrected chi connectivity index (χ3v) is 6.23. The molecule has 8 nitrogen and oxygen atoms in total. The first-order chi connectivity index (χ1) is 16.3. The van der Waals surface area contributed by atoms with Gasteiger partial charge in [-0.3, -0.25) is 9.52 Å². The minimum absolute atomic E-state index is 0.00686. The van der Waals surface area contributed by atoms with Gasteiger partial charge in [0.1, 0.15) is 18.5 Å². The lowest BCUT2D eigenvalue weighted by Gasteiger charge is -2.23. The Morgan fingerprint density at radius 1 is 1.06 bits per heavy atom. The van der Waals surface area contributed by atoms with Crippen LogP contribution < -0.4 is 20.1 Å². The number of unbranched alkanes of at least 4 members (excludes halogenated alkanes) is 3. The van der Waals surface area contributed by atoms with E-state index in [1.165, 1.54) is 18.4 Å². The lowest BCUT2D eigenvalue weighted by molar-refractivity contribution is -0.116. The normalized spacial score (nSPS) is 14.2. The van der Waals surface area contributed by atoms with Gasteiger partial charge < -0.3 is 20.5 Å². The number of nitrogens with one attached hydrogen (secondary N) is 3. The van der Waals surface area contributed by atoms with Crippen molar-refractivity contribution in [2.75, 3.05) is 36.0 Å². The molecule has 0 aromatic heterocycles. The van der Waals surface area contributed by atoms with E-state index in [1.807, 2.05) is 6.07 Å². The molecule has 0 saturated heterocycles. The van der Waals surface area contributed by atoms with Gasteiger partial charge in [0.05, 0.1) is 11.9 Å². The average Bonchev–Trinajstić information content (AvgIpc) is 2.79. The van der Waals surface area contributed by atoms with Crippen molar-refractivity contribution in [1.29, 1.82) is 0 Å². The first kappa shape index (κ1) is 26.0. The monoisotopic (exact) mass is 489 g/mol. The van der Waals surface area contributed by atoms with Crippen LogP contribution in [0.5, 0.6) is 5.75 Å². The maximum atomic E-state index is 11.8. The molecule has 9 heteroatoms. The van der Waals surface area contributed by atoms with Gasteiger partial charge in [0, 0.05) is 24.2 Å². The summed E-state index contributed by atoms with van der Waals surface area (Å²) in [7, 11) is -3.51. The Morgan fingerprint density at radius 3 is 2.59 bits per heavy atom. The van der Waals surface area contributed by atoms with Gasteiger partial charge in [-0.1, -0.05) is 43.2 Å². The Labute approximate surface area is 202 Å². The van der Waals surface area contributed by atoms with Crippen molar-refractivity contribution in [3.05, 3.63) is 53.6 Å². The van der Waals surface area contributed by atoms with Gasteiger partial charge in [0.2, 0.25) is 15.9 Å². The summed E-state index contributed by atoms with van der Waals surface area (Å²) in [5, 5.41) is 16.4. The number of hydrogen-bond donors (Lipinski definition) is 4. The second-order valence-corrected chi connectivity index (χ2v) is 10.5. The van der Waals surface area contributed by atoms with Crippen molar-refractivity contribution in [2.45, 2.75) is 51.0 Å². The SMILES string of the molecule is CS(=O)(=O)Nc1ccc2c(c1OCC(O)CNCCCCCCc1ccccc1)CCC(=O)N2. The lowest BCUT2D eigenvalue weighted by atomic mass is 10.0. The van der Waals surface area contributed by atoms with Crippen molar-refractivity contribution in [3.8, 4) is 5.75 Å². The molecule has 1 heterocycles. The van der Waals surface area contributed by atoms with E-state index in [0.29, 0.717) is 36.5 Å². The number of aliphatic hydroxyl groups is 1. The summed E-state index contributed by atoms with van der Waals surface area (Å²) in [6, 6.07) is 13.7. The third kappa shape index (κ3) is 8.62. The van der Waals surface area contributed by atoms with E-state index in [4.69, 9.17) is 4.74 Å². The quantitative estimate of drug-likeness (QED) is 0.303. The van der Waals surface area contributed by atoms with Crippen LogP contribution in [0, 0.1) is 0 Å². The average molecular weight is 490 g/mol. The van der Waals surface area contributed by atoms with E-state index in [2.05, 4.69) is 39.6 Å². The molecule has 0 aliphatic carbocycles. The number of carbonyl (C=O) groups is 1. The maximum Gasteiger partial charge on any atom is 0.229 e. The summed E-state index contributed by atoms with van der Waals surface area (Å²) in [6.07, 6.45) is 6.67. The molecule has 1 atom stereocenters. The van der Waals surface area contributed by atoms with Crippen LogP contribution in [0.15, 0.2) is 42.5 Å². The fourth-order valence-corrected chi connectivity index (χ4v) is 4.53. The highest BCUT2D eigenvalue weighted by molar-refractivity contribution is 7.92. The molecule has 2 aromatic carbocycles. The zero-order valence-electron chi connectivity index (χ0n) is 19.7. The van der Waals surface area contributed by atoms with E-state index >= 15 is 0 Å². The van der Waals surface area contributed by atoms with Gasteiger partial charge in [-0.05, 0) is 49.9 Å². The van der Waals surface area contributed by atoms with E-state index in [1.54, 1.807) is 12.1 Å². The summed E-state index contributed by atoms with van der Waals surface area (Å²) in [5.41, 5.74) is 3.00. The summed E-state index contributed by atoms with van der Waals surface area (Å²) in [5.74, 6) is 0.256. The van der Waals surface area contributed by atoms with Crippen LogP contribution in [-0.4, -0.2) is 51.5 Å². The van der Waals surface area contributed by atoms with Crippen molar-refractivity contribution < 1.29 is 23.1 Å². The van der Waals surface area contributed by atoms with Crippen LogP contribution in [0.3, 0.4) is 0 Å². The Balaban J connectivity index is 1.40. The molecule has 0 bridgehead atoms. The van der Waals surface area contributed by atoms with E-state index in [0.717, 1.165) is 37.6 Å². The number of benzene rings is 2. The Bertz CT molecular complexity index is 1040. The third-order valence-electron chi connectivity index (χ3n) is 5.64. The van der Waals surface area contributed by atoms with Crippen LogP contribution in [0.25, 0.3) is 0 Å². The molecule has 0 radical (unpaired) electrons. The van der Waals surface area contributed by atoms with Gasteiger partial charge in [-0.15, -0.1) is 0 Å². The molecule has 0 spiro atoms. The van der Waals surface area contributed by atoms with Gasteiger partial charge in [-0.25, -0.2) is 8.42 Å². The first-order valence-corrected chi connectivity index (χ1v) is 13.7. The van der Waals surface area contributed by atoms with E-state index in [-0.39, 0.29) is 12.5 Å². The van der Waals surface area contributed by atoms with Gasteiger partial charge in [0.15, 0.2) is 0 Å². The summed E-state index contributed by atoms with van der Waals surface area (Å²) in [6.45, 7) is 1.20. The summed E-state index contributed by atoms with van der Waals surface area (Å²) in [4.78, 5) is 11.7. The smallest absolute Gasteiger partial charge is 0.229 e. The number of aryl methyl sites for hydroxylation is 1. The van der Waals surface area contributed by atoms with Gasteiger partial charge in [0.25, 0.3) is 0 Å². The number of carbonyl (C=O) groups excluding carboxylic acids is 1. The fourth-order valence-electron chi connectivity index (χ4n) is 3.97. The van der Waals surface area contributed by atoms with Gasteiger partial charge >= 0.3 is 0 Å². The van der Waals surface area contributed by atoms with E-state index < -0.39 is 16.1 Å². The number of anilines is 2. The predicted octanol–water partition coefficient (Wildman–Crippen LogP) is 3.08. The fraction of sp³-hybridized carbons (Fsp3) is 0.480. The molecule has 0 fully saturated rings. The van der Waals surface area contributed by atoms with Crippen molar-refractivity contribution in [3.63, 3.8) is 0 Å². The van der Waals surface area contributed by atoms with Crippen molar-refractivity contribution in [1.82, 2.24) is 5.32 Å². The molecular weight excluding hydrogens is 454 g/mol. The minimum Gasteiger partial charge on any atom is -0.488 e. The topological polar surface area (TPSA) is 117 Å². The number of hydrogen-bond acceptors (Lipinski definition) is 6. The van der Waals surface area contributed by atoms with E-state index in [9.17, 15) is 18.3 Å². The highest BCUT2D eigenvalue weighted by Gasteiger charge is 2.23. The molecule has 1 amide bonds. The highest BCUT2D eigenvalue weighted by Crippen LogP contribution is 2.38. The number of fused-ring (bicyclic) bond motifs is 1. The second kappa shape index (κ2) is 12.7. The number of sulfonamides is 1. The Morgan fingerprint density at radius 2 is 1.82 bits per heavy atom. The molecule has 3 rings (SSSR count). The standard InChI is InChI=1S/C25H35N3O5S/c1-34(31,32)28-23-14-13-22-21(12-15-24(30)27-22)25(23)33-18-20(29)17-26-16-8-3-2-5-9-19-10-6-4-7-11-19/h4,6-7,10-11,13-14,20,26,28-29H,2-3,5,8-9,12,15-18H2,1H3,(H,27,30). The molecule has 1 aliphatic rings. The van der Waals surface area contributed by atoms with Crippen molar-refractivity contribution >= 4 is 27.3 Å². The van der Waals surface area contributed by atoms with Crippen LogP contribution in [0.2, 0.25) is 0 Å². The number of aliphatic hydroxyl groups excluding tert-OH is 1. The largest absolute Gasteiger partial charge is 0.488 e. The lowest BCUT2D eigenvalue weighted by Crippen LogP contribution is -2.32.